The van der Waals surface area contributed by atoms with E-state index in [0.29, 0.717) is 38.8 Å². The van der Waals surface area contributed by atoms with Gasteiger partial charge in [0.25, 0.3) is 0 Å². The van der Waals surface area contributed by atoms with E-state index in [9.17, 15) is 14.4 Å². The van der Waals surface area contributed by atoms with Crippen LogP contribution < -0.4 is 11.1 Å². The predicted molar refractivity (Wildman–Crippen MR) is 68.4 cm³/mol. The number of hydrogen-bond donors (Lipinski definition) is 3. The van der Waals surface area contributed by atoms with Crippen LogP contribution in [-0.2, 0) is 9.59 Å². The van der Waals surface area contributed by atoms with Gasteiger partial charge in [-0.15, -0.1) is 0 Å². The van der Waals surface area contributed by atoms with Crippen LogP contribution in [0.5, 0.6) is 0 Å². The van der Waals surface area contributed by atoms with E-state index in [4.69, 9.17) is 10.8 Å². The monoisotopic (exact) mass is 271 g/mol. The normalized spacial score (nSPS) is 18.9. The first kappa shape index (κ1) is 15.3. The summed E-state index contributed by atoms with van der Waals surface area (Å²) in [6, 6.07) is -1.06. The summed E-state index contributed by atoms with van der Waals surface area (Å²) in [6.07, 6.45) is 3.75. The lowest BCUT2D eigenvalue weighted by Crippen LogP contribution is -2.52. The molecule has 0 aliphatic carbocycles. The zero-order valence-corrected chi connectivity index (χ0v) is 10.9. The molecule has 0 aromatic heterocycles. The first-order valence-corrected chi connectivity index (χ1v) is 6.58. The molecule has 4 N–H and O–H groups in total. The molecule has 1 fully saturated rings. The van der Waals surface area contributed by atoms with Crippen LogP contribution in [0.3, 0.4) is 0 Å². The van der Waals surface area contributed by atoms with E-state index >= 15 is 0 Å². The van der Waals surface area contributed by atoms with Crippen molar-refractivity contribution < 1.29 is 19.5 Å². The number of nitrogens with zero attached hydrogens (tertiary/aromatic N) is 1. The smallest absolute Gasteiger partial charge is 0.326 e. The topological polar surface area (TPSA) is 113 Å². The van der Waals surface area contributed by atoms with Crippen molar-refractivity contribution in [3.8, 4) is 0 Å². The number of rotatable bonds is 6. The number of carboxylic acid groups (broad SMARTS) is 1. The van der Waals surface area contributed by atoms with E-state index in [0.717, 1.165) is 12.8 Å². The maximum atomic E-state index is 11.9. The summed E-state index contributed by atoms with van der Waals surface area (Å²) in [5.74, 6) is -1.31. The van der Waals surface area contributed by atoms with Crippen LogP contribution in [0.25, 0.3) is 0 Å². The summed E-state index contributed by atoms with van der Waals surface area (Å²) in [4.78, 5) is 34.8. The Bertz CT molecular complexity index is 346. The number of unbranched alkanes of at least 4 members (excludes halogenated alkanes) is 1. The molecule has 1 aliphatic rings. The summed E-state index contributed by atoms with van der Waals surface area (Å²) in [5.41, 5.74) is 5.00. The van der Waals surface area contributed by atoms with Crippen molar-refractivity contribution in [2.75, 3.05) is 13.1 Å². The second-order valence-corrected chi connectivity index (χ2v) is 4.70. The molecule has 1 aliphatic heterocycles. The number of nitrogens with two attached hydrogens (primary N) is 1. The Hall–Kier alpha value is -1.79. The van der Waals surface area contributed by atoms with Crippen LogP contribution in [0.15, 0.2) is 0 Å². The van der Waals surface area contributed by atoms with Gasteiger partial charge in [-0.2, -0.15) is 0 Å². The van der Waals surface area contributed by atoms with Gasteiger partial charge in [0.1, 0.15) is 6.04 Å². The van der Waals surface area contributed by atoms with Crippen molar-refractivity contribution in [2.24, 2.45) is 5.73 Å². The molecule has 19 heavy (non-hydrogen) atoms. The fourth-order valence-corrected chi connectivity index (χ4v) is 2.15. The third-order valence-electron chi connectivity index (χ3n) is 3.17. The molecule has 0 aromatic rings. The molecule has 0 aromatic carbocycles. The molecule has 3 amide bonds. The SMILES string of the molecule is NC(=O)CCCCNC(=O)N1CCCCC1C(=O)O. The predicted octanol–water partition coefficient (Wildman–Crippen LogP) is 0.291. The Morgan fingerprint density at radius 3 is 2.63 bits per heavy atom. The van der Waals surface area contributed by atoms with Gasteiger partial charge in [-0.3, -0.25) is 4.79 Å². The van der Waals surface area contributed by atoms with E-state index in [1.165, 1.54) is 4.90 Å². The first-order valence-electron chi connectivity index (χ1n) is 6.58. The van der Waals surface area contributed by atoms with Crippen molar-refractivity contribution in [1.29, 1.82) is 0 Å². The lowest BCUT2D eigenvalue weighted by atomic mass is 10.0. The number of primary amides is 1. The second-order valence-electron chi connectivity index (χ2n) is 4.70. The largest absolute Gasteiger partial charge is 0.480 e. The highest BCUT2D eigenvalue weighted by molar-refractivity contribution is 5.82. The molecular formula is C12H21N3O4. The highest BCUT2D eigenvalue weighted by atomic mass is 16.4. The van der Waals surface area contributed by atoms with Crippen molar-refractivity contribution in [3.05, 3.63) is 0 Å². The molecule has 1 heterocycles. The third kappa shape index (κ3) is 5.15. The molecule has 1 saturated heterocycles. The zero-order chi connectivity index (χ0) is 14.3. The quantitative estimate of drug-likeness (QED) is 0.602. The van der Waals surface area contributed by atoms with E-state index in [1.54, 1.807) is 0 Å². The van der Waals surface area contributed by atoms with Crippen LogP contribution >= 0.6 is 0 Å². The molecule has 1 atom stereocenters. The second kappa shape index (κ2) is 7.60. The molecule has 0 saturated carbocycles. The fraction of sp³-hybridized carbons (Fsp3) is 0.750. The summed E-state index contributed by atoms with van der Waals surface area (Å²) in [5, 5.41) is 11.7. The van der Waals surface area contributed by atoms with E-state index < -0.39 is 12.0 Å². The minimum Gasteiger partial charge on any atom is -0.480 e. The lowest BCUT2D eigenvalue weighted by molar-refractivity contribution is -0.143. The van der Waals surface area contributed by atoms with E-state index in [2.05, 4.69) is 5.32 Å². The van der Waals surface area contributed by atoms with Gasteiger partial charge < -0.3 is 21.1 Å². The number of piperidine rings is 1. The number of carbonyl (C=O) groups is 3. The Labute approximate surface area is 112 Å². The van der Waals surface area contributed by atoms with Gasteiger partial charge in [-0.05, 0) is 32.1 Å². The number of carboxylic acids is 1. The molecule has 0 radical (unpaired) electrons. The number of likely N-dealkylation sites (tertiary alicyclic amines) is 1. The van der Waals surface area contributed by atoms with Crippen LogP contribution in [0, 0.1) is 0 Å². The van der Waals surface area contributed by atoms with Crippen molar-refractivity contribution >= 4 is 17.9 Å². The number of urea groups is 1. The number of carbonyl (C=O) groups excluding carboxylic acids is 2. The van der Waals surface area contributed by atoms with Gasteiger partial charge in [0, 0.05) is 19.5 Å². The summed E-state index contributed by atoms with van der Waals surface area (Å²) in [7, 11) is 0. The maximum absolute atomic E-state index is 11.9. The minimum atomic E-state index is -0.955. The lowest BCUT2D eigenvalue weighted by Gasteiger charge is -2.32. The fourth-order valence-electron chi connectivity index (χ4n) is 2.15. The van der Waals surface area contributed by atoms with Crippen molar-refractivity contribution in [1.82, 2.24) is 10.2 Å². The Morgan fingerprint density at radius 1 is 1.26 bits per heavy atom. The number of hydrogen-bond acceptors (Lipinski definition) is 3. The number of amides is 3. The van der Waals surface area contributed by atoms with Gasteiger partial charge in [-0.25, -0.2) is 9.59 Å². The van der Waals surface area contributed by atoms with Gasteiger partial charge in [0.2, 0.25) is 5.91 Å². The Morgan fingerprint density at radius 2 is 2.00 bits per heavy atom. The van der Waals surface area contributed by atoms with Crippen LogP contribution in [-0.4, -0.2) is 47.0 Å². The zero-order valence-electron chi connectivity index (χ0n) is 10.9. The summed E-state index contributed by atoms with van der Waals surface area (Å²) < 4.78 is 0. The number of aliphatic carboxylic acids is 1. The van der Waals surface area contributed by atoms with E-state index in [-0.39, 0.29) is 11.9 Å². The highest BCUT2D eigenvalue weighted by Gasteiger charge is 2.31. The summed E-state index contributed by atoms with van der Waals surface area (Å²) >= 11 is 0. The molecule has 7 heteroatoms. The molecular weight excluding hydrogens is 250 g/mol. The molecule has 0 spiro atoms. The summed E-state index contributed by atoms with van der Waals surface area (Å²) in [6.45, 7) is 0.902. The first-order chi connectivity index (χ1) is 9.02. The standard InChI is InChI=1S/C12H21N3O4/c13-10(16)6-1-3-7-14-12(19)15-8-4-2-5-9(15)11(17)18/h9H,1-8H2,(H2,13,16)(H,14,19)(H,17,18). The molecule has 1 unspecified atom stereocenters. The molecule has 1 rings (SSSR count). The van der Waals surface area contributed by atoms with Crippen LogP contribution in [0.2, 0.25) is 0 Å². The average molecular weight is 271 g/mol. The van der Waals surface area contributed by atoms with Gasteiger partial charge in [0.15, 0.2) is 0 Å². The van der Waals surface area contributed by atoms with E-state index in [1.807, 2.05) is 0 Å². The van der Waals surface area contributed by atoms with Crippen molar-refractivity contribution in [2.45, 2.75) is 44.6 Å². The maximum Gasteiger partial charge on any atom is 0.326 e. The number of nitrogens with one attached hydrogen (secondary N) is 1. The average Bonchev–Trinajstić information content (AvgIpc) is 2.37. The highest BCUT2D eigenvalue weighted by Crippen LogP contribution is 2.17. The molecule has 108 valence electrons. The van der Waals surface area contributed by atoms with Crippen LogP contribution in [0.4, 0.5) is 4.79 Å². The van der Waals surface area contributed by atoms with Gasteiger partial charge in [-0.1, -0.05) is 0 Å². The minimum absolute atomic E-state index is 0.303. The van der Waals surface area contributed by atoms with Gasteiger partial charge in [0.05, 0.1) is 0 Å². The van der Waals surface area contributed by atoms with Crippen LogP contribution in [0.1, 0.15) is 38.5 Å². The Balaban J connectivity index is 2.30. The molecule has 0 bridgehead atoms. The van der Waals surface area contributed by atoms with Gasteiger partial charge >= 0.3 is 12.0 Å². The molecule has 7 nitrogen and oxygen atoms in total. The third-order valence-corrected chi connectivity index (χ3v) is 3.17. The van der Waals surface area contributed by atoms with Crippen molar-refractivity contribution in [3.63, 3.8) is 0 Å². The Kier molecular flexibility index (Phi) is 6.11.